The van der Waals surface area contributed by atoms with E-state index in [-0.39, 0.29) is 5.56 Å². The van der Waals surface area contributed by atoms with Crippen LogP contribution in [0.25, 0.3) is 16.5 Å². The van der Waals surface area contributed by atoms with Crippen molar-refractivity contribution < 1.29 is 0 Å². The first-order chi connectivity index (χ1) is 11.8. The van der Waals surface area contributed by atoms with Gasteiger partial charge in [-0.1, -0.05) is 37.1 Å². The first-order valence-corrected chi connectivity index (χ1v) is 8.50. The minimum atomic E-state index is 0.00787. The van der Waals surface area contributed by atoms with Crippen LogP contribution in [0.5, 0.6) is 0 Å². The maximum atomic E-state index is 13.4. The lowest BCUT2D eigenvalue weighted by atomic mass is 9.85. The monoisotopic (exact) mass is 313 g/mol. The molecule has 0 saturated carbocycles. The van der Waals surface area contributed by atoms with Crippen molar-refractivity contribution in [1.29, 1.82) is 0 Å². The van der Waals surface area contributed by atoms with Crippen LogP contribution in [-0.2, 0) is 19.3 Å². The van der Waals surface area contributed by atoms with E-state index < -0.39 is 0 Å². The van der Waals surface area contributed by atoms with E-state index in [4.69, 9.17) is 6.42 Å². The standard InChI is InChI=1S/C22H19NO/c1-3-15-13-14-16-9-8-12-18-19(4-2)23(17-10-6-5-7-11-17)22(24)21(15)20(16)18/h1,5-7,10-11,13-14H,4,8-9,12H2,2H3. The zero-order valence-electron chi connectivity index (χ0n) is 13.8. The number of hydrogen-bond donors (Lipinski definition) is 0. The number of rotatable bonds is 2. The van der Waals surface area contributed by atoms with Crippen LogP contribution in [-0.4, -0.2) is 4.57 Å². The number of terminal acetylenes is 1. The first kappa shape index (κ1) is 14.8. The van der Waals surface area contributed by atoms with Crippen molar-refractivity contribution in [2.75, 3.05) is 0 Å². The summed E-state index contributed by atoms with van der Waals surface area (Å²) < 4.78 is 1.87. The Kier molecular flexibility index (Phi) is 3.50. The highest BCUT2D eigenvalue weighted by molar-refractivity contribution is 5.94. The second kappa shape index (κ2) is 5.69. The number of aromatic nitrogens is 1. The molecule has 1 aliphatic carbocycles. The molecule has 0 spiro atoms. The highest BCUT2D eigenvalue weighted by Gasteiger charge is 2.23. The van der Waals surface area contributed by atoms with Crippen molar-refractivity contribution in [3.8, 4) is 18.0 Å². The van der Waals surface area contributed by atoms with Crippen LogP contribution in [0.1, 0.15) is 35.7 Å². The van der Waals surface area contributed by atoms with Crippen LogP contribution in [0.3, 0.4) is 0 Å². The van der Waals surface area contributed by atoms with Gasteiger partial charge in [-0.15, -0.1) is 6.42 Å². The van der Waals surface area contributed by atoms with Crippen LogP contribution >= 0.6 is 0 Å². The zero-order valence-corrected chi connectivity index (χ0v) is 13.8. The van der Waals surface area contributed by atoms with Gasteiger partial charge in [-0.2, -0.15) is 0 Å². The summed E-state index contributed by atoms with van der Waals surface area (Å²) in [6.07, 6.45) is 9.68. The molecule has 0 radical (unpaired) electrons. The Balaban J connectivity index is 2.25. The molecule has 0 fully saturated rings. The summed E-state index contributed by atoms with van der Waals surface area (Å²) in [4.78, 5) is 13.4. The van der Waals surface area contributed by atoms with E-state index in [0.29, 0.717) is 10.9 Å². The van der Waals surface area contributed by atoms with E-state index in [2.05, 4.69) is 18.9 Å². The smallest absolute Gasteiger partial charge is 0.264 e. The summed E-state index contributed by atoms with van der Waals surface area (Å²) in [6, 6.07) is 13.9. The molecule has 3 aromatic rings. The maximum absolute atomic E-state index is 13.4. The highest BCUT2D eigenvalue weighted by Crippen LogP contribution is 2.33. The van der Waals surface area contributed by atoms with Gasteiger partial charge in [0, 0.05) is 16.9 Å². The summed E-state index contributed by atoms with van der Waals surface area (Å²) in [6.45, 7) is 2.12. The molecule has 0 aliphatic heterocycles. The predicted molar refractivity (Wildman–Crippen MR) is 98.9 cm³/mol. The summed E-state index contributed by atoms with van der Waals surface area (Å²) >= 11 is 0. The molecule has 0 bridgehead atoms. The quantitative estimate of drug-likeness (QED) is 0.655. The zero-order chi connectivity index (χ0) is 16.7. The number of hydrogen-bond acceptors (Lipinski definition) is 1. The summed E-state index contributed by atoms with van der Waals surface area (Å²) in [5.74, 6) is 2.72. The summed E-state index contributed by atoms with van der Waals surface area (Å²) in [5, 5.41) is 1.83. The third-order valence-corrected chi connectivity index (χ3v) is 5.01. The molecule has 2 heteroatoms. The van der Waals surface area contributed by atoms with Gasteiger partial charge in [0.1, 0.15) is 0 Å². The van der Waals surface area contributed by atoms with E-state index in [9.17, 15) is 4.79 Å². The SMILES string of the molecule is C#Cc1ccc2c3c(c(CC)n(-c4ccccc4)c(=O)c13)CCC2. The van der Waals surface area contributed by atoms with Gasteiger partial charge in [-0.25, -0.2) is 0 Å². The highest BCUT2D eigenvalue weighted by atomic mass is 16.1. The van der Waals surface area contributed by atoms with Crippen molar-refractivity contribution >= 4 is 10.8 Å². The molecule has 2 nitrogen and oxygen atoms in total. The molecular formula is C22H19NO. The number of benzene rings is 2. The number of para-hydroxylation sites is 1. The van der Waals surface area contributed by atoms with Gasteiger partial charge in [0.15, 0.2) is 0 Å². The molecule has 0 saturated heterocycles. The Hall–Kier alpha value is -2.79. The van der Waals surface area contributed by atoms with Gasteiger partial charge < -0.3 is 0 Å². The van der Waals surface area contributed by atoms with Crippen molar-refractivity contribution in [3.05, 3.63) is 75.2 Å². The van der Waals surface area contributed by atoms with Gasteiger partial charge in [0.25, 0.3) is 5.56 Å². The Labute approximate surface area is 141 Å². The minimum absolute atomic E-state index is 0.00787. The van der Waals surface area contributed by atoms with E-state index in [1.807, 2.05) is 41.0 Å². The van der Waals surface area contributed by atoms with Gasteiger partial charge in [0.2, 0.25) is 0 Å². The fraction of sp³-hybridized carbons (Fsp3) is 0.227. The number of aryl methyl sites for hydroxylation is 2. The van der Waals surface area contributed by atoms with E-state index in [1.165, 1.54) is 11.1 Å². The fourth-order valence-corrected chi connectivity index (χ4v) is 4.00. The normalized spacial score (nSPS) is 13.0. The second-order valence-corrected chi connectivity index (χ2v) is 6.28. The van der Waals surface area contributed by atoms with Crippen molar-refractivity contribution in [2.24, 2.45) is 0 Å². The van der Waals surface area contributed by atoms with Crippen molar-refractivity contribution in [1.82, 2.24) is 4.57 Å². The van der Waals surface area contributed by atoms with Gasteiger partial charge in [-0.05, 0) is 60.4 Å². The molecule has 118 valence electrons. The minimum Gasteiger partial charge on any atom is -0.280 e. The summed E-state index contributed by atoms with van der Waals surface area (Å²) in [7, 11) is 0. The topological polar surface area (TPSA) is 22.0 Å². The summed E-state index contributed by atoms with van der Waals surface area (Å²) in [5.41, 5.74) is 5.31. The molecule has 24 heavy (non-hydrogen) atoms. The Morgan fingerprint density at radius 1 is 1.08 bits per heavy atom. The van der Waals surface area contributed by atoms with Crippen LogP contribution < -0.4 is 5.56 Å². The fourth-order valence-electron chi connectivity index (χ4n) is 4.00. The molecule has 1 heterocycles. The van der Waals surface area contributed by atoms with Gasteiger partial charge >= 0.3 is 0 Å². The van der Waals surface area contributed by atoms with E-state index in [0.717, 1.165) is 42.5 Å². The molecule has 0 atom stereocenters. The maximum Gasteiger partial charge on any atom is 0.264 e. The number of pyridine rings is 1. The molecule has 0 unspecified atom stereocenters. The average molecular weight is 313 g/mol. The molecule has 0 amide bonds. The van der Waals surface area contributed by atoms with Crippen molar-refractivity contribution in [2.45, 2.75) is 32.6 Å². The Morgan fingerprint density at radius 2 is 1.88 bits per heavy atom. The van der Waals surface area contributed by atoms with E-state index >= 15 is 0 Å². The Morgan fingerprint density at radius 3 is 2.58 bits per heavy atom. The molecular weight excluding hydrogens is 294 g/mol. The Bertz CT molecular complexity index is 1040. The third-order valence-electron chi connectivity index (χ3n) is 5.01. The van der Waals surface area contributed by atoms with Crippen LogP contribution in [0.4, 0.5) is 0 Å². The average Bonchev–Trinajstić information content (AvgIpc) is 2.64. The van der Waals surface area contributed by atoms with Gasteiger partial charge in [0.05, 0.1) is 5.39 Å². The molecule has 0 N–H and O–H groups in total. The molecule has 1 aromatic heterocycles. The molecule has 4 rings (SSSR count). The number of nitrogens with zero attached hydrogens (tertiary/aromatic N) is 1. The lowest BCUT2D eigenvalue weighted by Crippen LogP contribution is -2.26. The van der Waals surface area contributed by atoms with Crippen LogP contribution in [0.15, 0.2) is 47.3 Å². The van der Waals surface area contributed by atoms with E-state index in [1.54, 1.807) is 0 Å². The van der Waals surface area contributed by atoms with Crippen LogP contribution in [0.2, 0.25) is 0 Å². The molecule has 1 aliphatic rings. The van der Waals surface area contributed by atoms with Crippen LogP contribution in [0, 0.1) is 12.3 Å². The largest absolute Gasteiger partial charge is 0.280 e. The predicted octanol–water partition coefficient (Wildman–Crippen LogP) is 4.02. The first-order valence-electron chi connectivity index (χ1n) is 8.50. The lowest BCUT2D eigenvalue weighted by molar-refractivity contribution is 0.767. The van der Waals surface area contributed by atoms with Gasteiger partial charge in [-0.3, -0.25) is 9.36 Å². The molecule has 2 aromatic carbocycles. The third kappa shape index (κ3) is 2.02. The van der Waals surface area contributed by atoms with Crippen molar-refractivity contribution in [3.63, 3.8) is 0 Å². The second-order valence-electron chi connectivity index (χ2n) is 6.28. The lowest BCUT2D eigenvalue weighted by Gasteiger charge is -2.24.